The minimum atomic E-state index is 0.163. The number of carbonyl (C=O) groups is 1. The summed E-state index contributed by atoms with van der Waals surface area (Å²) >= 11 is 1.66. The van der Waals surface area contributed by atoms with Crippen LogP contribution in [0, 0.1) is 5.92 Å². The first kappa shape index (κ1) is 24.6. The molecule has 8 heteroatoms. The second-order valence-electron chi connectivity index (χ2n) is 9.76. The Morgan fingerprint density at radius 1 is 1.17 bits per heavy atom. The molecule has 0 bridgehead atoms. The summed E-state index contributed by atoms with van der Waals surface area (Å²) in [6.07, 6.45) is 5.10. The minimum absolute atomic E-state index is 0.163. The van der Waals surface area contributed by atoms with Crippen molar-refractivity contribution < 1.29 is 4.79 Å². The summed E-state index contributed by atoms with van der Waals surface area (Å²) in [5.74, 6) is 1.66. The zero-order valence-corrected chi connectivity index (χ0v) is 22.3. The highest BCUT2D eigenvalue weighted by Gasteiger charge is 2.26. The topological polar surface area (TPSA) is 66.6 Å². The van der Waals surface area contributed by atoms with Gasteiger partial charge < -0.3 is 9.80 Å². The van der Waals surface area contributed by atoms with Gasteiger partial charge in [0.25, 0.3) is 0 Å². The molecule has 4 aromatic rings. The molecule has 1 aliphatic heterocycles. The molecular weight excluding hydrogens is 468 g/mol. The molecule has 0 spiro atoms. The van der Waals surface area contributed by atoms with Gasteiger partial charge in [0, 0.05) is 37.3 Å². The van der Waals surface area contributed by atoms with Gasteiger partial charge in [-0.05, 0) is 62.0 Å². The first-order valence-corrected chi connectivity index (χ1v) is 13.8. The summed E-state index contributed by atoms with van der Waals surface area (Å²) in [6, 6.07) is 10.3. The van der Waals surface area contributed by atoms with Crippen LogP contribution in [0.15, 0.2) is 48.1 Å². The smallest absolute Gasteiger partial charge is 0.165 e. The van der Waals surface area contributed by atoms with Crippen LogP contribution in [0.1, 0.15) is 50.9 Å². The fourth-order valence-electron chi connectivity index (χ4n) is 4.99. The Morgan fingerprint density at radius 2 is 1.97 bits per heavy atom. The van der Waals surface area contributed by atoms with Crippen LogP contribution < -0.4 is 4.90 Å². The van der Waals surface area contributed by atoms with Crippen LogP contribution in [-0.4, -0.2) is 62.5 Å². The molecule has 0 aliphatic carbocycles. The van der Waals surface area contributed by atoms with Crippen LogP contribution in [0.3, 0.4) is 0 Å². The Kier molecular flexibility index (Phi) is 7.16. The van der Waals surface area contributed by atoms with Gasteiger partial charge in [0.2, 0.25) is 0 Å². The number of aromatic nitrogens is 4. The Bertz CT molecular complexity index is 1340. The van der Waals surface area contributed by atoms with Crippen molar-refractivity contribution in [3.05, 3.63) is 53.7 Å². The van der Waals surface area contributed by atoms with E-state index in [-0.39, 0.29) is 5.78 Å². The van der Waals surface area contributed by atoms with Crippen molar-refractivity contribution in [1.29, 1.82) is 0 Å². The molecule has 7 nitrogen and oxygen atoms in total. The van der Waals surface area contributed by atoms with Crippen molar-refractivity contribution in [2.24, 2.45) is 5.92 Å². The number of ketones is 1. The van der Waals surface area contributed by atoms with Crippen molar-refractivity contribution >= 4 is 28.6 Å². The second-order valence-corrected chi connectivity index (χ2v) is 10.7. The van der Waals surface area contributed by atoms with Crippen LogP contribution in [0.25, 0.3) is 27.5 Å². The van der Waals surface area contributed by atoms with Gasteiger partial charge in [0.1, 0.15) is 5.82 Å². The van der Waals surface area contributed by atoms with E-state index in [9.17, 15) is 4.79 Å². The molecule has 4 aromatic heterocycles. The van der Waals surface area contributed by atoms with Gasteiger partial charge in [-0.15, -0.1) is 11.3 Å². The summed E-state index contributed by atoms with van der Waals surface area (Å²) in [5.41, 5.74) is 3.97. The molecule has 0 N–H and O–H groups in total. The molecule has 188 valence electrons. The predicted molar refractivity (Wildman–Crippen MR) is 147 cm³/mol. The average molecular weight is 503 g/mol. The van der Waals surface area contributed by atoms with Crippen LogP contribution in [0.5, 0.6) is 0 Å². The lowest BCUT2D eigenvalue weighted by Gasteiger charge is -2.38. The number of anilines is 1. The van der Waals surface area contributed by atoms with E-state index >= 15 is 0 Å². The van der Waals surface area contributed by atoms with E-state index in [1.807, 2.05) is 36.7 Å². The van der Waals surface area contributed by atoms with E-state index in [1.165, 1.54) is 0 Å². The zero-order chi connectivity index (χ0) is 25.2. The molecule has 1 saturated heterocycles. The quantitative estimate of drug-likeness (QED) is 0.260. The third-order valence-corrected chi connectivity index (χ3v) is 8.06. The van der Waals surface area contributed by atoms with E-state index in [2.05, 4.69) is 54.0 Å². The molecule has 36 heavy (non-hydrogen) atoms. The summed E-state index contributed by atoms with van der Waals surface area (Å²) in [7, 11) is 0. The largest absolute Gasteiger partial charge is 0.356 e. The summed E-state index contributed by atoms with van der Waals surface area (Å²) < 4.78 is 1.78. The van der Waals surface area contributed by atoms with Crippen LogP contribution in [-0.2, 0) is 0 Å². The number of Topliss-reactive ketones (excluding diaryl/α,β-unsaturated/α-hetero) is 1. The minimum Gasteiger partial charge on any atom is -0.356 e. The highest BCUT2D eigenvalue weighted by atomic mass is 32.1. The molecule has 1 atom stereocenters. The number of fused-ring (bicyclic) bond motifs is 1. The monoisotopic (exact) mass is 502 g/mol. The van der Waals surface area contributed by atoms with Gasteiger partial charge in [0.15, 0.2) is 11.4 Å². The van der Waals surface area contributed by atoms with Gasteiger partial charge in [-0.3, -0.25) is 4.79 Å². The highest BCUT2D eigenvalue weighted by molar-refractivity contribution is 7.13. The maximum atomic E-state index is 13.4. The standard InChI is InChI=1S/C28H34N6OS/c1-5-32(6-2)20(4)9-10-25(35)21-14-24(30-27(15-21)33-17-19(3)18-33)22-16-29-34-12-11-23(31-28(22)34)26-8-7-13-36-26/h7-8,11-16,19-20H,5-6,9-10,17-18H2,1-4H3/t20-/m0/s1. The van der Waals surface area contributed by atoms with Gasteiger partial charge in [-0.2, -0.15) is 5.10 Å². The lowest BCUT2D eigenvalue weighted by atomic mass is 10.00. The number of pyridine rings is 1. The van der Waals surface area contributed by atoms with Crippen molar-refractivity contribution in [3.63, 3.8) is 0 Å². The fourth-order valence-corrected chi connectivity index (χ4v) is 5.68. The van der Waals surface area contributed by atoms with Crippen LogP contribution in [0.2, 0.25) is 0 Å². The van der Waals surface area contributed by atoms with Gasteiger partial charge >= 0.3 is 0 Å². The number of thiophene rings is 1. The molecule has 0 amide bonds. The number of carbonyl (C=O) groups excluding carboxylic acids is 1. The van der Waals surface area contributed by atoms with E-state index in [0.29, 0.717) is 18.4 Å². The van der Waals surface area contributed by atoms with E-state index in [4.69, 9.17) is 9.97 Å². The molecule has 0 aromatic carbocycles. The van der Waals surface area contributed by atoms with Crippen LogP contribution >= 0.6 is 11.3 Å². The zero-order valence-electron chi connectivity index (χ0n) is 21.5. The van der Waals surface area contributed by atoms with Crippen molar-refractivity contribution in [3.8, 4) is 21.8 Å². The summed E-state index contributed by atoms with van der Waals surface area (Å²) in [4.78, 5) is 29.0. The molecule has 0 unspecified atom stereocenters. The fraction of sp³-hybridized carbons (Fsp3) is 0.429. The molecular formula is C28H34N6OS. The molecule has 0 radical (unpaired) electrons. The molecule has 5 heterocycles. The SMILES string of the molecule is CCN(CC)[C@@H](C)CCC(=O)c1cc(-c2cnn3ccc(-c4cccs4)nc23)nc(N2CC(C)C2)c1. The number of nitrogens with zero attached hydrogens (tertiary/aromatic N) is 6. The Morgan fingerprint density at radius 3 is 2.67 bits per heavy atom. The number of hydrogen-bond acceptors (Lipinski definition) is 7. The van der Waals surface area contributed by atoms with Gasteiger partial charge in [-0.1, -0.05) is 26.8 Å². The normalized spacial score (nSPS) is 15.0. The summed E-state index contributed by atoms with van der Waals surface area (Å²) in [6.45, 7) is 12.7. The molecule has 0 saturated carbocycles. The maximum Gasteiger partial charge on any atom is 0.165 e. The average Bonchev–Trinajstić information content (AvgIpc) is 3.56. The third kappa shape index (κ3) is 4.92. The second kappa shape index (κ2) is 10.5. The molecule has 5 rings (SSSR count). The Labute approximate surface area is 216 Å². The van der Waals surface area contributed by atoms with Crippen molar-refractivity contribution in [1.82, 2.24) is 24.5 Å². The van der Waals surface area contributed by atoms with Crippen LogP contribution in [0.4, 0.5) is 5.82 Å². The Hall–Kier alpha value is -3.10. The third-order valence-electron chi connectivity index (χ3n) is 7.17. The van der Waals surface area contributed by atoms with E-state index in [0.717, 1.165) is 71.5 Å². The first-order chi connectivity index (χ1) is 17.5. The van der Waals surface area contributed by atoms with E-state index in [1.54, 1.807) is 15.9 Å². The predicted octanol–water partition coefficient (Wildman–Crippen LogP) is 5.67. The molecule has 1 fully saturated rings. The maximum absolute atomic E-state index is 13.4. The van der Waals surface area contributed by atoms with Crippen molar-refractivity contribution in [2.45, 2.75) is 46.6 Å². The molecule has 1 aliphatic rings. The first-order valence-electron chi connectivity index (χ1n) is 12.9. The Balaban J connectivity index is 1.49. The van der Waals surface area contributed by atoms with Crippen molar-refractivity contribution in [2.75, 3.05) is 31.1 Å². The summed E-state index contributed by atoms with van der Waals surface area (Å²) in [5, 5.41) is 6.58. The lowest BCUT2D eigenvalue weighted by molar-refractivity contribution is 0.0964. The number of hydrogen-bond donors (Lipinski definition) is 0. The van der Waals surface area contributed by atoms with Gasteiger partial charge in [-0.25, -0.2) is 14.5 Å². The number of rotatable bonds is 10. The lowest BCUT2D eigenvalue weighted by Crippen LogP contribution is -2.45. The highest BCUT2D eigenvalue weighted by Crippen LogP contribution is 2.31. The van der Waals surface area contributed by atoms with E-state index < -0.39 is 0 Å². The van der Waals surface area contributed by atoms with Gasteiger partial charge in [0.05, 0.1) is 28.0 Å².